The van der Waals surface area contributed by atoms with E-state index in [1.54, 1.807) is 13.1 Å². The van der Waals surface area contributed by atoms with E-state index >= 15 is 0 Å². The van der Waals surface area contributed by atoms with Crippen LogP contribution < -0.4 is 5.32 Å². The first-order valence-corrected chi connectivity index (χ1v) is 8.40. The fourth-order valence-corrected chi connectivity index (χ4v) is 4.16. The van der Waals surface area contributed by atoms with Crippen molar-refractivity contribution in [3.8, 4) is 0 Å². The van der Waals surface area contributed by atoms with Gasteiger partial charge in [0.1, 0.15) is 10.7 Å². The molecule has 1 atom stereocenters. The van der Waals surface area contributed by atoms with E-state index in [2.05, 4.69) is 5.32 Å². The fourth-order valence-electron chi connectivity index (χ4n) is 2.55. The van der Waals surface area contributed by atoms with Gasteiger partial charge in [0.15, 0.2) is 0 Å². The summed E-state index contributed by atoms with van der Waals surface area (Å²) in [5.41, 5.74) is 0.751. The molecule has 1 saturated heterocycles. The molecule has 0 saturated carbocycles. The van der Waals surface area contributed by atoms with Crippen LogP contribution in [0.3, 0.4) is 0 Å². The highest BCUT2D eigenvalue weighted by Crippen LogP contribution is 2.25. The summed E-state index contributed by atoms with van der Waals surface area (Å²) >= 11 is 0. The Kier molecular flexibility index (Phi) is 4.98. The average molecular weight is 315 g/mol. The van der Waals surface area contributed by atoms with Gasteiger partial charge in [0.2, 0.25) is 10.0 Å². The fraction of sp³-hybridized carbons (Fsp3) is 0.571. The minimum Gasteiger partial charge on any atom is -0.316 e. The molecule has 1 aromatic rings. The van der Waals surface area contributed by atoms with Crippen LogP contribution in [0, 0.1) is 5.82 Å². The predicted octanol–water partition coefficient (Wildman–Crippen LogP) is 0.870. The standard InChI is InChI=1S/C14H22FN3O2S/c1-16-9-11-4-5-13(15)14(8-11)21(19,20)18-7-6-12(10-18)17(2)3/h4-5,8,12,16H,6-7,9-10H2,1-3H3. The van der Waals surface area contributed by atoms with Crippen molar-refractivity contribution in [2.45, 2.75) is 23.9 Å². The maximum atomic E-state index is 14.0. The van der Waals surface area contributed by atoms with Gasteiger partial charge in [-0.05, 0) is 45.3 Å². The zero-order valence-electron chi connectivity index (χ0n) is 12.6. The van der Waals surface area contributed by atoms with Crippen molar-refractivity contribution in [1.29, 1.82) is 0 Å². The van der Waals surface area contributed by atoms with Crippen molar-refractivity contribution in [1.82, 2.24) is 14.5 Å². The van der Waals surface area contributed by atoms with E-state index in [1.807, 2.05) is 19.0 Å². The molecule has 0 amide bonds. The molecule has 118 valence electrons. The molecule has 5 nitrogen and oxygen atoms in total. The number of nitrogens with one attached hydrogen (secondary N) is 1. The minimum absolute atomic E-state index is 0.184. The average Bonchev–Trinajstić information content (AvgIpc) is 2.91. The van der Waals surface area contributed by atoms with Crippen molar-refractivity contribution < 1.29 is 12.8 Å². The van der Waals surface area contributed by atoms with Crippen LogP contribution in [0.25, 0.3) is 0 Å². The maximum absolute atomic E-state index is 14.0. The van der Waals surface area contributed by atoms with Crippen molar-refractivity contribution >= 4 is 10.0 Å². The number of rotatable bonds is 5. The summed E-state index contributed by atoms with van der Waals surface area (Å²) in [7, 11) is 1.84. The number of benzene rings is 1. The molecule has 1 aliphatic heterocycles. The van der Waals surface area contributed by atoms with E-state index in [0.717, 1.165) is 12.0 Å². The molecule has 0 aromatic heterocycles. The van der Waals surface area contributed by atoms with Crippen LogP contribution in [0.1, 0.15) is 12.0 Å². The molecule has 0 spiro atoms. The van der Waals surface area contributed by atoms with Crippen molar-refractivity contribution in [3.63, 3.8) is 0 Å². The van der Waals surface area contributed by atoms with Crippen molar-refractivity contribution in [3.05, 3.63) is 29.6 Å². The second-order valence-electron chi connectivity index (χ2n) is 5.56. The highest BCUT2D eigenvalue weighted by atomic mass is 32.2. The number of sulfonamides is 1. The zero-order chi connectivity index (χ0) is 15.6. The first-order valence-electron chi connectivity index (χ1n) is 6.96. The van der Waals surface area contributed by atoms with Gasteiger partial charge in [-0.25, -0.2) is 12.8 Å². The lowest BCUT2D eigenvalue weighted by atomic mass is 10.2. The molecular formula is C14H22FN3O2S. The topological polar surface area (TPSA) is 52.7 Å². The van der Waals surface area contributed by atoms with E-state index in [4.69, 9.17) is 0 Å². The van der Waals surface area contributed by atoms with Crippen LogP contribution >= 0.6 is 0 Å². The number of hydrogen-bond acceptors (Lipinski definition) is 4. The number of halogens is 1. The third kappa shape index (κ3) is 3.42. The second kappa shape index (κ2) is 6.39. The van der Waals surface area contributed by atoms with Crippen LogP contribution in [-0.2, 0) is 16.6 Å². The highest BCUT2D eigenvalue weighted by molar-refractivity contribution is 7.89. The molecule has 21 heavy (non-hydrogen) atoms. The molecule has 1 heterocycles. The Morgan fingerprint density at radius 2 is 2.14 bits per heavy atom. The van der Waals surface area contributed by atoms with Crippen LogP contribution in [0.15, 0.2) is 23.1 Å². The Balaban J connectivity index is 2.30. The highest BCUT2D eigenvalue weighted by Gasteiger charge is 2.34. The van der Waals surface area contributed by atoms with Gasteiger partial charge >= 0.3 is 0 Å². The summed E-state index contributed by atoms with van der Waals surface area (Å²) in [4.78, 5) is 1.78. The molecule has 0 radical (unpaired) electrons. The molecule has 2 rings (SSSR count). The van der Waals surface area contributed by atoms with Crippen LogP contribution in [-0.4, -0.2) is 57.9 Å². The summed E-state index contributed by atoms with van der Waals surface area (Å²) in [5.74, 6) is -0.692. The summed E-state index contributed by atoms with van der Waals surface area (Å²) in [6.45, 7) is 1.34. The van der Waals surface area contributed by atoms with Gasteiger partial charge < -0.3 is 10.2 Å². The molecular weight excluding hydrogens is 293 g/mol. The molecule has 1 aliphatic rings. The second-order valence-corrected chi connectivity index (χ2v) is 7.47. The van der Waals surface area contributed by atoms with Gasteiger partial charge in [0, 0.05) is 25.7 Å². The van der Waals surface area contributed by atoms with Gasteiger partial charge in [-0.2, -0.15) is 4.31 Å². The van der Waals surface area contributed by atoms with Crippen LogP contribution in [0.5, 0.6) is 0 Å². The largest absolute Gasteiger partial charge is 0.316 e. The van der Waals surface area contributed by atoms with E-state index in [1.165, 1.54) is 16.4 Å². The summed E-state index contributed by atoms with van der Waals surface area (Å²) in [6, 6.07) is 4.42. The molecule has 7 heteroatoms. The molecule has 1 aromatic carbocycles. The lowest BCUT2D eigenvalue weighted by Gasteiger charge is -2.20. The number of nitrogens with zero attached hydrogens (tertiary/aromatic N) is 2. The van der Waals surface area contributed by atoms with E-state index in [0.29, 0.717) is 19.6 Å². The first-order chi connectivity index (χ1) is 9.86. The molecule has 1 N–H and O–H groups in total. The maximum Gasteiger partial charge on any atom is 0.246 e. The lowest BCUT2D eigenvalue weighted by molar-refractivity contribution is 0.302. The van der Waals surface area contributed by atoms with Crippen molar-refractivity contribution in [2.24, 2.45) is 0 Å². The van der Waals surface area contributed by atoms with Gasteiger partial charge in [-0.3, -0.25) is 0 Å². The van der Waals surface area contributed by atoms with Gasteiger partial charge in [-0.15, -0.1) is 0 Å². The normalized spacial score (nSPS) is 20.3. The quantitative estimate of drug-likeness (QED) is 0.876. The lowest BCUT2D eigenvalue weighted by Crippen LogP contribution is -2.34. The van der Waals surface area contributed by atoms with Gasteiger partial charge in [0.25, 0.3) is 0 Å². The number of hydrogen-bond donors (Lipinski definition) is 1. The third-order valence-electron chi connectivity index (χ3n) is 3.85. The van der Waals surface area contributed by atoms with Crippen LogP contribution in [0.2, 0.25) is 0 Å². The van der Waals surface area contributed by atoms with Crippen molar-refractivity contribution in [2.75, 3.05) is 34.2 Å². The summed E-state index contributed by atoms with van der Waals surface area (Å²) in [6.07, 6.45) is 0.768. The van der Waals surface area contributed by atoms with E-state index in [-0.39, 0.29) is 10.9 Å². The van der Waals surface area contributed by atoms with E-state index in [9.17, 15) is 12.8 Å². The summed E-state index contributed by atoms with van der Waals surface area (Å²) < 4.78 is 40.6. The minimum atomic E-state index is -3.77. The van der Waals surface area contributed by atoms with E-state index < -0.39 is 15.8 Å². The monoisotopic (exact) mass is 315 g/mol. The molecule has 0 aliphatic carbocycles. The Morgan fingerprint density at radius 3 is 2.71 bits per heavy atom. The Bertz CT molecular complexity index is 604. The summed E-state index contributed by atoms with van der Waals surface area (Å²) in [5, 5.41) is 2.94. The number of likely N-dealkylation sites (N-methyl/N-ethyl adjacent to an activating group) is 1. The van der Waals surface area contributed by atoms with Crippen LogP contribution in [0.4, 0.5) is 4.39 Å². The third-order valence-corrected chi connectivity index (χ3v) is 5.73. The Morgan fingerprint density at radius 1 is 1.43 bits per heavy atom. The molecule has 1 fully saturated rings. The first kappa shape index (κ1) is 16.4. The Labute approximate surface area is 125 Å². The predicted molar refractivity (Wildman–Crippen MR) is 80.0 cm³/mol. The zero-order valence-corrected chi connectivity index (χ0v) is 13.5. The molecule has 0 bridgehead atoms. The van der Waals surface area contributed by atoms with Gasteiger partial charge in [0.05, 0.1) is 0 Å². The SMILES string of the molecule is CNCc1ccc(F)c(S(=O)(=O)N2CCC(N(C)C)C2)c1. The smallest absolute Gasteiger partial charge is 0.246 e. The van der Waals surface area contributed by atoms with Gasteiger partial charge in [-0.1, -0.05) is 6.07 Å². The molecule has 1 unspecified atom stereocenters. The Hall–Kier alpha value is -1.02.